The first-order chi connectivity index (χ1) is 20.0. The summed E-state index contributed by atoms with van der Waals surface area (Å²) in [4.78, 5) is 40.0. The van der Waals surface area contributed by atoms with Crippen LogP contribution in [0.2, 0.25) is 0 Å². The van der Waals surface area contributed by atoms with Gasteiger partial charge in [-0.1, -0.05) is 25.3 Å². The van der Waals surface area contributed by atoms with Crippen molar-refractivity contribution in [3.8, 4) is 0 Å². The van der Waals surface area contributed by atoms with Gasteiger partial charge in [-0.05, 0) is 98.2 Å². The Hall–Kier alpha value is -4.29. The first-order valence-corrected chi connectivity index (χ1v) is 13.9. The van der Waals surface area contributed by atoms with Gasteiger partial charge in [0.2, 0.25) is 0 Å². The number of rotatable bonds is 8. The number of hydrogen-bond donors (Lipinski definition) is 4. The second-order valence-corrected chi connectivity index (χ2v) is 10.7. The van der Waals surface area contributed by atoms with Crippen molar-refractivity contribution in [2.45, 2.75) is 53.4 Å². The fourth-order valence-electron chi connectivity index (χ4n) is 5.77. The van der Waals surface area contributed by atoms with E-state index in [1.165, 1.54) is 0 Å². The Morgan fingerprint density at radius 3 is 1.91 bits per heavy atom. The van der Waals surface area contributed by atoms with E-state index in [0.29, 0.717) is 18.5 Å². The summed E-state index contributed by atoms with van der Waals surface area (Å²) in [5.74, 6) is -1.76. The van der Waals surface area contributed by atoms with Crippen LogP contribution in [-0.2, 0) is 37.1 Å². The SMILES string of the molecule is C=CC1=C(C)c2cc3[nH]c(cc4nc(cc5[nH]c(cc1n2)c(C)c5CCC(=O)O)C(CCC(=O)O)=C4C)c(C)c3C=C.[Pt]. The average molecular weight is 758 g/mol. The Morgan fingerprint density at radius 2 is 1.26 bits per heavy atom. The fourth-order valence-corrected chi connectivity index (χ4v) is 5.77. The Morgan fingerprint density at radius 1 is 0.721 bits per heavy atom. The molecule has 4 N–H and O–H groups in total. The summed E-state index contributed by atoms with van der Waals surface area (Å²) in [7, 11) is 0. The zero-order chi connectivity index (χ0) is 30.3. The number of aliphatic carboxylic acids is 2. The number of H-pyrrole nitrogens is 2. The average Bonchev–Trinajstić information content (AvgIpc) is 3.59. The van der Waals surface area contributed by atoms with Crippen molar-refractivity contribution >= 4 is 62.4 Å². The van der Waals surface area contributed by atoms with Crippen LogP contribution < -0.4 is 0 Å². The maximum atomic E-state index is 11.5. The molecule has 0 aromatic carbocycles. The maximum absolute atomic E-state index is 11.5. The summed E-state index contributed by atoms with van der Waals surface area (Å²) in [6.07, 6.45) is 4.22. The Bertz CT molecular complexity index is 1920. The molecule has 3 aromatic heterocycles. The number of aryl methyl sites for hydroxylation is 3. The van der Waals surface area contributed by atoms with E-state index in [0.717, 1.165) is 83.7 Å². The summed E-state index contributed by atoms with van der Waals surface area (Å²) < 4.78 is 0. The molecule has 0 atom stereocenters. The Balaban J connectivity index is 0.00000423. The molecule has 2 aliphatic heterocycles. The van der Waals surface area contributed by atoms with Gasteiger partial charge in [-0.15, -0.1) is 0 Å². The number of nitrogens with one attached hydrogen (secondary N) is 2. The van der Waals surface area contributed by atoms with Crippen LogP contribution in [0.25, 0.3) is 50.4 Å². The van der Waals surface area contributed by atoms with E-state index in [2.05, 4.69) is 23.1 Å². The molecular weight excluding hydrogens is 723 g/mol. The van der Waals surface area contributed by atoms with Gasteiger partial charge in [-0.2, -0.15) is 0 Å². The molecule has 0 amide bonds. The Labute approximate surface area is 264 Å². The zero-order valence-corrected chi connectivity index (χ0v) is 26.9. The molecule has 0 aliphatic carbocycles. The van der Waals surface area contributed by atoms with E-state index in [-0.39, 0.29) is 33.9 Å². The van der Waals surface area contributed by atoms with E-state index in [4.69, 9.17) is 9.97 Å². The molecule has 8 nitrogen and oxygen atoms in total. The van der Waals surface area contributed by atoms with E-state index >= 15 is 0 Å². The molecule has 3 aromatic rings. The van der Waals surface area contributed by atoms with Gasteiger partial charge in [0.05, 0.1) is 22.8 Å². The smallest absolute Gasteiger partial charge is 0.303 e. The van der Waals surface area contributed by atoms with Crippen molar-refractivity contribution in [2.24, 2.45) is 0 Å². The van der Waals surface area contributed by atoms with Gasteiger partial charge in [0.25, 0.3) is 0 Å². The molecule has 9 heteroatoms. The third-order valence-electron chi connectivity index (χ3n) is 8.22. The second kappa shape index (κ2) is 12.5. The van der Waals surface area contributed by atoms with Crippen molar-refractivity contribution in [3.05, 3.63) is 88.5 Å². The van der Waals surface area contributed by atoms with Crippen LogP contribution in [0, 0.1) is 13.8 Å². The predicted octanol–water partition coefficient (Wildman–Crippen LogP) is 7.50. The van der Waals surface area contributed by atoms with Gasteiger partial charge < -0.3 is 20.2 Å². The molecule has 5 heterocycles. The number of carboxylic acids is 2. The third-order valence-corrected chi connectivity index (χ3v) is 8.22. The normalized spacial score (nSPS) is 12.7. The third kappa shape index (κ3) is 5.97. The summed E-state index contributed by atoms with van der Waals surface area (Å²) in [6.45, 7) is 16.0. The molecule has 8 bridgehead atoms. The minimum Gasteiger partial charge on any atom is -0.481 e. The summed E-state index contributed by atoms with van der Waals surface area (Å²) in [5.41, 5.74) is 13.7. The molecule has 5 rings (SSSR count). The van der Waals surface area contributed by atoms with Crippen LogP contribution in [0.3, 0.4) is 0 Å². The quantitative estimate of drug-likeness (QED) is 0.188. The topological polar surface area (TPSA) is 132 Å². The van der Waals surface area contributed by atoms with Gasteiger partial charge in [0, 0.05) is 67.1 Å². The van der Waals surface area contributed by atoms with Crippen molar-refractivity contribution in [3.63, 3.8) is 0 Å². The van der Waals surface area contributed by atoms with E-state index in [1.54, 1.807) is 6.08 Å². The molecule has 43 heavy (non-hydrogen) atoms. The van der Waals surface area contributed by atoms with Gasteiger partial charge in [-0.25, -0.2) is 9.97 Å². The van der Waals surface area contributed by atoms with Crippen molar-refractivity contribution in [1.29, 1.82) is 0 Å². The van der Waals surface area contributed by atoms with Gasteiger partial charge in [0.15, 0.2) is 0 Å². The van der Waals surface area contributed by atoms with E-state index < -0.39 is 11.9 Å². The molecule has 0 unspecified atom stereocenters. The van der Waals surface area contributed by atoms with Crippen LogP contribution in [0.5, 0.6) is 0 Å². The number of fused-ring (bicyclic) bond motifs is 8. The summed E-state index contributed by atoms with van der Waals surface area (Å²) >= 11 is 0. The number of aromatic amines is 2. The van der Waals surface area contributed by atoms with E-state index in [1.807, 2.05) is 58.0 Å². The maximum Gasteiger partial charge on any atom is 0.303 e. The molecular formula is C34H34N4O4Pt. The molecule has 0 fully saturated rings. The molecule has 224 valence electrons. The standard InChI is InChI=1S/C34H34N4O4.Pt/c1-7-21-17(3)25-13-26-19(5)23(9-11-33(39)40)31(37-26)16-32-24(10-12-34(41)42)20(6)28(38-32)15-30-22(8-2)18(4)27(36-30)14-29(21)35-25;/h7-8,13-16,35,38H,1-2,9-12H2,3-6H3,(H,39,40)(H,41,42);. The van der Waals surface area contributed by atoms with Crippen LogP contribution in [-0.4, -0.2) is 42.1 Å². The number of carboxylic acid groups (broad SMARTS) is 2. The fraction of sp³-hybridized carbons (Fsp3) is 0.235. The van der Waals surface area contributed by atoms with Crippen molar-refractivity contribution in [2.75, 3.05) is 0 Å². The van der Waals surface area contributed by atoms with Crippen LogP contribution >= 0.6 is 0 Å². The van der Waals surface area contributed by atoms with E-state index in [9.17, 15) is 19.8 Å². The summed E-state index contributed by atoms with van der Waals surface area (Å²) in [5, 5.41) is 18.9. The first kappa shape index (κ1) is 31.6. The zero-order valence-electron chi connectivity index (χ0n) is 24.6. The van der Waals surface area contributed by atoms with Crippen LogP contribution in [0.15, 0.2) is 43.5 Å². The van der Waals surface area contributed by atoms with Gasteiger partial charge in [-0.3, -0.25) is 9.59 Å². The van der Waals surface area contributed by atoms with Crippen LogP contribution in [0.1, 0.15) is 78.1 Å². The minimum absolute atomic E-state index is 0. The number of nitrogens with zero attached hydrogens (tertiary/aromatic N) is 2. The van der Waals surface area contributed by atoms with Gasteiger partial charge >= 0.3 is 11.9 Å². The van der Waals surface area contributed by atoms with Gasteiger partial charge in [0.1, 0.15) is 0 Å². The number of allylic oxidation sites excluding steroid dienone is 5. The van der Waals surface area contributed by atoms with Crippen LogP contribution in [0.4, 0.5) is 0 Å². The number of carbonyl (C=O) groups is 2. The van der Waals surface area contributed by atoms with Crippen molar-refractivity contribution in [1.82, 2.24) is 19.9 Å². The minimum atomic E-state index is -0.883. The number of hydrogen-bond acceptors (Lipinski definition) is 4. The molecule has 2 aliphatic rings. The number of aromatic nitrogens is 4. The predicted molar refractivity (Wildman–Crippen MR) is 169 cm³/mol. The molecule has 0 spiro atoms. The first-order valence-electron chi connectivity index (χ1n) is 13.9. The molecule has 0 saturated heterocycles. The molecule has 0 radical (unpaired) electrons. The largest absolute Gasteiger partial charge is 0.481 e. The second-order valence-electron chi connectivity index (χ2n) is 10.7. The monoisotopic (exact) mass is 757 g/mol. The van der Waals surface area contributed by atoms with Crippen molar-refractivity contribution < 1.29 is 40.9 Å². The Kier molecular flexibility index (Phi) is 9.21. The summed E-state index contributed by atoms with van der Waals surface area (Å²) in [6, 6.07) is 7.88. The molecule has 0 saturated carbocycles.